The molecule has 2 heteroatoms. The summed E-state index contributed by atoms with van der Waals surface area (Å²) in [5.41, 5.74) is 2.84. The van der Waals surface area contributed by atoms with Gasteiger partial charge >= 0.3 is 0 Å². The van der Waals surface area contributed by atoms with E-state index in [2.05, 4.69) is 61.5 Å². The molecule has 9 atom stereocenters. The van der Waals surface area contributed by atoms with Crippen LogP contribution in [0.5, 0.6) is 0 Å². The van der Waals surface area contributed by atoms with Crippen LogP contribution in [0.1, 0.15) is 113 Å². The summed E-state index contributed by atoms with van der Waals surface area (Å²) in [7, 11) is 0. The van der Waals surface area contributed by atoms with Crippen molar-refractivity contribution in [3.05, 3.63) is 11.6 Å². The smallest absolute Gasteiger partial charge is 0.0595 e. The molecule has 0 aromatic rings. The predicted octanol–water partition coefficient (Wildman–Crippen LogP) is 7.14. The highest BCUT2D eigenvalue weighted by Gasteiger charge is 2.69. The maximum absolute atomic E-state index is 11.8. The van der Waals surface area contributed by atoms with Crippen molar-refractivity contribution >= 4 is 0 Å². The van der Waals surface area contributed by atoms with Gasteiger partial charge in [0, 0.05) is 0 Å². The van der Waals surface area contributed by atoms with E-state index in [1.54, 1.807) is 5.57 Å². The minimum absolute atomic E-state index is 0.0901. The maximum atomic E-state index is 11.8. The van der Waals surface area contributed by atoms with Crippen molar-refractivity contribution in [3.63, 3.8) is 0 Å². The Balaban J connectivity index is 1.60. The van der Waals surface area contributed by atoms with Crippen LogP contribution in [-0.2, 0) is 0 Å². The van der Waals surface area contributed by atoms with E-state index in [-0.39, 0.29) is 39.8 Å². The van der Waals surface area contributed by atoms with E-state index in [0.29, 0.717) is 22.7 Å². The topological polar surface area (TPSA) is 40.5 Å². The molecule has 5 aliphatic rings. The molecule has 5 aliphatic carbocycles. The lowest BCUT2D eigenvalue weighted by Crippen LogP contribution is -2.68. The second kappa shape index (κ2) is 6.66. The van der Waals surface area contributed by atoms with Crippen molar-refractivity contribution in [1.29, 1.82) is 0 Å². The van der Waals surface area contributed by atoms with Crippen molar-refractivity contribution in [2.24, 2.45) is 50.2 Å². The normalized spacial score (nSPS) is 56.2. The highest BCUT2D eigenvalue weighted by molar-refractivity contribution is 5.34. The Morgan fingerprint density at radius 2 is 1.47 bits per heavy atom. The molecule has 2 nitrogen and oxygen atoms in total. The number of allylic oxidation sites excluding steroid dienone is 2. The van der Waals surface area contributed by atoms with Gasteiger partial charge in [-0.2, -0.15) is 0 Å². The molecule has 0 aromatic heterocycles. The molecule has 2 N–H and O–H groups in total. The molecule has 0 aliphatic heterocycles. The third-order valence-electron chi connectivity index (χ3n) is 12.9. The number of rotatable bonds is 0. The molecule has 5 rings (SSSR count). The van der Waals surface area contributed by atoms with Crippen LogP contribution in [0.3, 0.4) is 0 Å². The van der Waals surface area contributed by atoms with Gasteiger partial charge in [0.1, 0.15) is 0 Å². The fourth-order valence-corrected chi connectivity index (χ4v) is 10.7. The fourth-order valence-electron chi connectivity index (χ4n) is 10.7. The Kier molecular flexibility index (Phi) is 4.87. The molecule has 0 spiro atoms. The van der Waals surface area contributed by atoms with Gasteiger partial charge in [-0.05, 0) is 108 Å². The average molecular weight is 443 g/mol. The molecule has 0 heterocycles. The summed E-state index contributed by atoms with van der Waals surface area (Å²) in [6.07, 6.45) is 12.8. The average Bonchev–Trinajstić information content (AvgIpc) is 2.67. The summed E-state index contributed by atoms with van der Waals surface area (Å²) < 4.78 is 0. The molecule has 4 saturated carbocycles. The van der Waals surface area contributed by atoms with Crippen molar-refractivity contribution in [3.8, 4) is 0 Å². The maximum Gasteiger partial charge on any atom is 0.0595 e. The Labute approximate surface area is 197 Å². The minimum Gasteiger partial charge on any atom is -0.393 e. The highest BCUT2D eigenvalue weighted by atomic mass is 16.3. The van der Waals surface area contributed by atoms with E-state index >= 15 is 0 Å². The van der Waals surface area contributed by atoms with Crippen LogP contribution in [-0.4, -0.2) is 22.4 Å². The summed E-state index contributed by atoms with van der Waals surface area (Å²) in [6.45, 7) is 19.6. The SMILES string of the molecule is CC1(C)CC[C@]2(C)CC[C@]3(C)C(=CCC4[C@@]5(C)CC[C@H](O)C(C)(C)C5[C@@H](O)C[C@]43C)C2C1. The number of aliphatic hydroxyl groups is 2. The van der Waals surface area contributed by atoms with Crippen LogP contribution in [0.4, 0.5) is 0 Å². The summed E-state index contributed by atoms with van der Waals surface area (Å²) in [5.74, 6) is 1.47. The summed E-state index contributed by atoms with van der Waals surface area (Å²) >= 11 is 0. The zero-order chi connectivity index (χ0) is 23.5. The zero-order valence-corrected chi connectivity index (χ0v) is 22.2. The van der Waals surface area contributed by atoms with Crippen LogP contribution in [0.2, 0.25) is 0 Å². The quantitative estimate of drug-likeness (QED) is 0.391. The van der Waals surface area contributed by atoms with Crippen molar-refractivity contribution in [1.82, 2.24) is 0 Å². The van der Waals surface area contributed by atoms with E-state index in [1.165, 1.54) is 38.5 Å². The molecule has 182 valence electrons. The van der Waals surface area contributed by atoms with Crippen molar-refractivity contribution in [2.45, 2.75) is 125 Å². The van der Waals surface area contributed by atoms with Gasteiger partial charge in [-0.15, -0.1) is 0 Å². The van der Waals surface area contributed by atoms with Gasteiger partial charge in [0.2, 0.25) is 0 Å². The van der Waals surface area contributed by atoms with Crippen LogP contribution >= 0.6 is 0 Å². The fraction of sp³-hybridized carbons (Fsp3) is 0.933. The van der Waals surface area contributed by atoms with Gasteiger partial charge < -0.3 is 10.2 Å². The molecule has 0 aromatic carbocycles. The van der Waals surface area contributed by atoms with E-state index in [0.717, 1.165) is 19.3 Å². The summed E-state index contributed by atoms with van der Waals surface area (Å²) in [6, 6.07) is 0. The first-order chi connectivity index (χ1) is 14.6. The summed E-state index contributed by atoms with van der Waals surface area (Å²) in [5, 5.41) is 22.7. The first-order valence-corrected chi connectivity index (χ1v) is 13.7. The molecule has 0 radical (unpaired) electrons. The molecule has 0 saturated heterocycles. The lowest BCUT2D eigenvalue weighted by Gasteiger charge is -2.72. The third kappa shape index (κ3) is 2.78. The lowest BCUT2D eigenvalue weighted by molar-refractivity contribution is -0.241. The third-order valence-corrected chi connectivity index (χ3v) is 12.9. The Bertz CT molecular complexity index is 825. The van der Waals surface area contributed by atoms with Crippen LogP contribution in [0, 0.1) is 50.2 Å². The van der Waals surface area contributed by atoms with Gasteiger partial charge in [0.05, 0.1) is 12.2 Å². The van der Waals surface area contributed by atoms with Gasteiger partial charge in [-0.25, -0.2) is 0 Å². The van der Waals surface area contributed by atoms with E-state index in [9.17, 15) is 10.2 Å². The second-order valence-corrected chi connectivity index (χ2v) is 15.4. The lowest BCUT2D eigenvalue weighted by atomic mass is 9.33. The monoisotopic (exact) mass is 442 g/mol. The first kappa shape index (κ1) is 23.4. The number of aliphatic hydroxyl groups excluding tert-OH is 2. The molecule has 3 unspecified atom stereocenters. The number of hydrogen-bond donors (Lipinski definition) is 2. The molecular formula is C30H50O2. The largest absolute Gasteiger partial charge is 0.393 e. The predicted molar refractivity (Wildman–Crippen MR) is 132 cm³/mol. The molecule has 4 fully saturated rings. The van der Waals surface area contributed by atoms with Crippen LogP contribution in [0.15, 0.2) is 11.6 Å². The Morgan fingerprint density at radius 3 is 2.16 bits per heavy atom. The van der Waals surface area contributed by atoms with Crippen molar-refractivity contribution in [2.75, 3.05) is 0 Å². The van der Waals surface area contributed by atoms with Crippen molar-refractivity contribution < 1.29 is 10.2 Å². The Hall–Kier alpha value is -0.340. The minimum atomic E-state index is -0.321. The molecule has 0 amide bonds. The zero-order valence-electron chi connectivity index (χ0n) is 22.2. The molecule has 32 heavy (non-hydrogen) atoms. The van der Waals surface area contributed by atoms with Gasteiger partial charge in [-0.1, -0.05) is 67.0 Å². The summed E-state index contributed by atoms with van der Waals surface area (Å²) in [4.78, 5) is 0. The number of fused-ring (bicyclic) bond motifs is 7. The van der Waals surface area contributed by atoms with Gasteiger partial charge in [-0.3, -0.25) is 0 Å². The number of hydrogen-bond acceptors (Lipinski definition) is 2. The molecule has 0 bridgehead atoms. The van der Waals surface area contributed by atoms with Gasteiger partial charge in [0.15, 0.2) is 0 Å². The van der Waals surface area contributed by atoms with E-state index < -0.39 is 0 Å². The standard InChI is InChI=1S/C30H50O2/c1-25(2)13-14-27(5)15-16-29(7)19(20(27)17-25)9-10-22-28(6)12-11-23(32)26(3,4)24(28)21(31)18-30(22,29)8/h9,20-24,31-32H,10-18H2,1-8H3/t20?,21-,22?,23-,24?,27+,28+,29+,30+/m0/s1. The first-order valence-electron chi connectivity index (χ1n) is 13.7. The van der Waals surface area contributed by atoms with E-state index in [4.69, 9.17) is 0 Å². The van der Waals surface area contributed by atoms with Crippen LogP contribution in [0.25, 0.3) is 0 Å². The second-order valence-electron chi connectivity index (χ2n) is 15.4. The Morgan fingerprint density at radius 1 is 0.812 bits per heavy atom. The van der Waals surface area contributed by atoms with Crippen LogP contribution < -0.4 is 0 Å². The molecular weight excluding hydrogens is 392 g/mol. The van der Waals surface area contributed by atoms with Gasteiger partial charge in [0.25, 0.3) is 0 Å². The van der Waals surface area contributed by atoms with E-state index in [1.807, 2.05) is 0 Å². The highest BCUT2D eigenvalue weighted by Crippen LogP contribution is 2.75.